The molecule has 0 aromatic carbocycles. The van der Waals surface area contributed by atoms with Crippen LogP contribution in [0.1, 0.15) is 0 Å². The first-order valence-electron chi connectivity index (χ1n) is 1.63. The summed E-state index contributed by atoms with van der Waals surface area (Å²) in [7, 11) is 0. The Morgan fingerprint density at radius 2 is 2.57 bits per heavy atom. The lowest BCUT2D eigenvalue weighted by Crippen LogP contribution is -1.66. The van der Waals surface area contributed by atoms with Crippen LogP contribution >= 0.6 is 32.9 Å². The SMILES string of the molecule is ClC1=CC=NI=N1. The molecule has 0 spiro atoms. The van der Waals surface area contributed by atoms with Crippen LogP contribution in [0.5, 0.6) is 0 Å². The number of hydrogen-bond acceptors (Lipinski definition) is 2. The molecule has 0 saturated heterocycles. The average Bonchev–Trinajstić information content (AvgIpc) is 1.69. The summed E-state index contributed by atoms with van der Waals surface area (Å²) < 4.78 is 7.75. The topological polar surface area (TPSA) is 24.7 Å². The zero-order valence-corrected chi connectivity index (χ0v) is 6.22. The molecule has 0 aromatic rings. The highest BCUT2D eigenvalue weighted by Crippen LogP contribution is 2.15. The molecule has 7 heavy (non-hydrogen) atoms. The minimum absolute atomic E-state index is 0.331. The van der Waals surface area contributed by atoms with E-state index in [4.69, 9.17) is 11.6 Å². The number of hydrogen-bond donors (Lipinski definition) is 0. The van der Waals surface area contributed by atoms with Crippen molar-refractivity contribution in [3.63, 3.8) is 0 Å². The molecule has 0 unspecified atom stereocenters. The summed E-state index contributed by atoms with van der Waals surface area (Å²) in [5.41, 5.74) is 0. The van der Waals surface area contributed by atoms with Crippen molar-refractivity contribution in [1.82, 2.24) is 0 Å². The minimum Gasteiger partial charge on any atom is -0.212 e. The lowest BCUT2D eigenvalue weighted by Gasteiger charge is -1.84. The van der Waals surface area contributed by atoms with Gasteiger partial charge in [-0.05, 0) is 6.08 Å². The second-order valence-corrected chi connectivity index (χ2v) is 2.75. The molecule has 4 heteroatoms. The molecule has 0 atom stereocenters. The van der Waals surface area contributed by atoms with E-state index in [0.717, 1.165) is 0 Å². The third kappa shape index (κ3) is 1.65. The number of halogens is 2. The zero-order valence-electron chi connectivity index (χ0n) is 3.31. The van der Waals surface area contributed by atoms with Crippen LogP contribution in [0.25, 0.3) is 0 Å². The predicted octanol–water partition coefficient (Wildman–Crippen LogP) is 2.22. The van der Waals surface area contributed by atoms with Crippen molar-refractivity contribution in [3.8, 4) is 0 Å². The first-order chi connectivity index (χ1) is 3.39. The maximum absolute atomic E-state index is 5.45. The van der Waals surface area contributed by atoms with E-state index in [0.29, 0.717) is 5.16 Å². The van der Waals surface area contributed by atoms with E-state index in [1.165, 1.54) is 0 Å². The molecule has 1 aliphatic rings. The molecule has 0 saturated carbocycles. The molecule has 0 fully saturated rings. The standard InChI is InChI=1S/C3H2ClIN2/c4-3-1-2-6-5-7-3/h1-2H. The minimum atomic E-state index is -0.331. The van der Waals surface area contributed by atoms with Crippen LogP contribution in [0, 0.1) is 0 Å². The van der Waals surface area contributed by atoms with Gasteiger partial charge in [0.2, 0.25) is 0 Å². The predicted molar refractivity (Wildman–Crippen MR) is 38.9 cm³/mol. The second kappa shape index (κ2) is 2.52. The van der Waals surface area contributed by atoms with E-state index in [1.54, 1.807) is 12.3 Å². The quantitative estimate of drug-likeness (QED) is 0.449. The van der Waals surface area contributed by atoms with E-state index in [2.05, 4.69) is 6.35 Å². The van der Waals surface area contributed by atoms with Gasteiger partial charge in [-0.3, -0.25) is 0 Å². The molecule has 0 amide bonds. The van der Waals surface area contributed by atoms with Gasteiger partial charge < -0.3 is 0 Å². The third-order valence-corrected chi connectivity index (χ3v) is 2.23. The fourth-order valence-corrected chi connectivity index (χ4v) is 1.25. The van der Waals surface area contributed by atoms with E-state index in [9.17, 15) is 0 Å². The van der Waals surface area contributed by atoms with Gasteiger partial charge in [0.1, 0.15) is 26.5 Å². The average molecular weight is 228 g/mol. The highest BCUT2D eigenvalue weighted by Gasteiger charge is 1.84. The maximum atomic E-state index is 5.45. The summed E-state index contributed by atoms with van der Waals surface area (Å²) in [6, 6.07) is 0. The number of nitrogens with zero attached hydrogens (tertiary/aromatic N) is 2. The molecule has 0 N–H and O–H groups in total. The third-order valence-electron chi connectivity index (χ3n) is 0.431. The Kier molecular flexibility index (Phi) is 1.93. The fourth-order valence-electron chi connectivity index (χ4n) is 0.201. The van der Waals surface area contributed by atoms with Gasteiger partial charge in [0.25, 0.3) is 0 Å². The van der Waals surface area contributed by atoms with Crippen molar-refractivity contribution in [1.29, 1.82) is 0 Å². The smallest absolute Gasteiger partial charge is 0.144 e. The normalized spacial score (nSPS) is 18.1. The summed E-state index contributed by atoms with van der Waals surface area (Å²) >= 11 is 5.12. The van der Waals surface area contributed by atoms with Gasteiger partial charge in [-0.2, -0.15) is 3.15 Å². The van der Waals surface area contributed by atoms with Gasteiger partial charge >= 0.3 is 0 Å². The Morgan fingerprint density at radius 3 is 2.86 bits per heavy atom. The molecule has 0 aliphatic carbocycles. The van der Waals surface area contributed by atoms with Gasteiger partial charge in [-0.15, -0.1) is 0 Å². The van der Waals surface area contributed by atoms with Gasteiger partial charge in [0.05, 0.1) is 0 Å². The summed E-state index contributed by atoms with van der Waals surface area (Å²) in [5.74, 6) is 0. The maximum Gasteiger partial charge on any atom is 0.144 e. The molecule has 1 heterocycles. The van der Waals surface area contributed by atoms with Crippen molar-refractivity contribution in [2.75, 3.05) is 0 Å². The zero-order chi connectivity index (χ0) is 5.11. The van der Waals surface area contributed by atoms with E-state index in [1.807, 2.05) is 0 Å². The Hall–Kier alpha value is 0.230. The molecule has 0 radical (unpaired) electrons. The highest BCUT2D eigenvalue weighted by atomic mass is 127. The highest BCUT2D eigenvalue weighted by molar-refractivity contribution is 14.1. The molecule has 2 nitrogen and oxygen atoms in total. The molecule has 38 valence electrons. The van der Waals surface area contributed by atoms with Crippen molar-refractivity contribution in [3.05, 3.63) is 11.2 Å². The van der Waals surface area contributed by atoms with Crippen molar-refractivity contribution in [2.45, 2.75) is 0 Å². The Morgan fingerprint density at radius 1 is 1.71 bits per heavy atom. The molecular weight excluding hydrogens is 226 g/mol. The van der Waals surface area contributed by atoms with Crippen LogP contribution in [0.2, 0.25) is 0 Å². The monoisotopic (exact) mass is 228 g/mol. The number of rotatable bonds is 0. The first-order valence-corrected chi connectivity index (χ1v) is 3.94. The lowest BCUT2D eigenvalue weighted by molar-refractivity contribution is 1.62. The van der Waals surface area contributed by atoms with Crippen molar-refractivity contribution in [2.24, 2.45) is 6.35 Å². The van der Waals surface area contributed by atoms with E-state index >= 15 is 0 Å². The van der Waals surface area contributed by atoms with Crippen molar-refractivity contribution >= 4 is 39.1 Å². The largest absolute Gasteiger partial charge is 0.212 e. The van der Waals surface area contributed by atoms with Crippen LogP contribution in [0.3, 0.4) is 0 Å². The van der Waals surface area contributed by atoms with E-state index < -0.39 is 0 Å². The number of allylic oxidation sites excluding steroid dienone is 1. The molecular formula is C3H2ClIN2. The molecule has 0 aromatic heterocycles. The van der Waals surface area contributed by atoms with Crippen LogP contribution in [0.4, 0.5) is 0 Å². The van der Waals surface area contributed by atoms with Crippen LogP contribution in [-0.4, -0.2) is 6.21 Å². The molecule has 1 rings (SSSR count). The summed E-state index contributed by atoms with van der Waals surface area (Å²) in [5, 5.41) is 0.586. The summed E-state index contributed by atoms with van der Waals surface area (Å²) in [4.78, 5) is 0. The van der Waals surface area contributed by atoms with Gasteiger partial charge in [-0.25, -0.2) is 3.21 Å². The summed E-state index contributed by atoms with van der Waals surface area (Å²) in [6.45, 7) is 0. The van der Waals surface area contributed by atoms with Gasteiger partial charge in [0, 0.05) is 6.21 Å². The Balaban J connectivity index is 2.82. The molecule has 1 aliphatic heterocycles. The van der Waals surface area contributed by atoms with Crippen LogP contribution < -0.4 is 0 Å². The Labute approximate surface area is 56.8 Å². The Bertz CT molecular complexity index is 149. The van der Waals surface area contributed by atoms with E-state index in [-0.39, 0.29) is 21.3 Å². The van der Waals surface area contributed by atoms with Gasteiger partial charge in [-0.1, -0.05) is 11.6 Å². The van der Waals surface area contributed by atoms with Crippen molar-refractivity contribution < 1.29 is 0 Å². The van der Waals surface area contributed by atoms with Crippen LogP contribution in [0.15, 0.2) is 17.6 Å². The fraction of sp³-hybridized carbons (Fsp3) is 0. The van der Waals surface area contributed by atoms with Crippen LogP contribution in [-0.2, 0) is 0 Å². The first kappa shape index (κ1) is 5.37. The molecule has 0 bridgehead atoms. The summed E-state index contributed by atoms with van der Waals surface area (Å²) in [6.07, 6.45) is 3.38. The van der Waals surface area contributed by atoms with Gasteiger partial charge in [0.15, 0.2) is 0 Å². The lowest BCUT2D eigenvalue weighted by atomic mass is 10.7. The second-order valence-electron chi connectivity index (χ2n) is 0.896.